The van der Waals surface area contributed by atoms with Gasteiger partial charge in [-0.3, -0.25) is 4.79 Å². The minimum Gasteiger partial charge on any atom is -0.504 e. The van der Waals surface area contributed by atoms with E-state index in [1.807, 2.05) is 6.07 Å². The number of ether oxygens (including phenoxy) is 1. The number of carbonyl (C=O) groups is 1. The SMILES string of the molecule is CC(C)C[N+]1(O)CC[C@]23c4c5ccc(O)c4O[C@H]2C(=O)CC[C@@]3(O)[C@H]1C5. The molecule has 1 aromatic carbocycles. The summed E-state index contributed by atoms with van der Waals surface area (Å²) < 4.78 is 5.83. The van der Waals surface area contributed by atoms with Crippen LogP contribution in [0.3, 0.4) is 0 Å². The van der Waals surface area contributed by atoms with Crippen LogP contribution in [0.5, 0.6) is 11.5 Å². The molecule has 0 amide bonds. The molecule has 2 heterocycles. The average Bonchev–Trinajstić information content (AvgIpc) is 2.92. The third-order valence-corrected chi connectivity index (χ3v) is 7.29. The molecule has 0 radical (unpaired) electrons. The fraction of sp³-hybridized carbons (Fsp3) is 0.650. The number of benzene rings is 1. The molecule has 2 fully saturated rings. The van der Waals surface area contributed by atoms with Crippen molar-refractivity contribution in [2.45, 2.75) is 62.7 Å². The molecule has 2 aliphatic heterocycles. The second-order valence-corrected chi connectivity index (χ2v) is 9.06. The van der Waals surface area contributed by atoms with E-state index in [2.05, 4.69) is 13.8 Å². The number of quaternary nitrogens is 1. The molecular weight excluding hydrogens is 334 g/mol. The van der Waals surface area contributed by atoms with Crippen LogP contribution in [0.1, 0.15) is 44.2 Å². The molecular formula is C20H26NO5+. The van der Waals surface area contributed by atoms with Crippen LogP contribution in [0, 0.1) is 5.92 Å². The van der Waals surface area contributed by atoms with Gasteiger partial charge in [0.2, 0.25) is 0 Å². The van der Waals surface area contributed by atoms with E-state index >= 15 is 0 Å². The molecule has 6 heteroatoms. The van der Waals surface area contributed by atoms with Crippen molar-refractivity contribution in [1.82, 2.24) is 0 Å². The van der Waals surface area contributed by atoms with E-state index < -0.39 is 17.1 Å². The van der Waals surface area contributed by atoms with Gasteiger partial charge in [0.25, 0.3) is 0 Å². The number of Topliss-reactive ketones (excluding diaryl/α,β-unsaturated/α-hetero) is 1. The Labute approximate surface area is 152 Å². The molecule has 1 saturated carbocycles. The van der Waals surface area contributed by atoms with E-state index in [4.69, 9.17) is 4.74 Å². The number of likely N-dealkylation sites (tertiary alicyclic amines) is 1. The number of nitrogens with zero attached hydrogens (tertiary/aromatic N) is 1. The zero-order valence-electron chi connectivity index (χ0n) is 15.2. The van der Waals surface area contributed by atoms with Gasteiger partial charge in [-0.15, -0.1) is 0 Å². The van der Waals surface area contributed by atoms with Crippen LogP contribution < -0.4 is 4.74 Å². The zero-order chi connectivity index (χ0) is 18.5. The van der Waals surface area contributed by atoms with Crippen LogP contribution in [-0.4, -0.2) is 56.7 Å². The van der Waals surface area contributed by atoms with Crippen molar-refractivity contribution in [3.05, 3.63) is 23.3 Å². The van der Waals surface area contributed by atoms with Gasteiger partial charge in [0.1, 0.15) is 18.7 Å². The lowest BCUT2D eigenvalue weighted by atomic mass is 9.48. The second kappa shape index (κ2) is 4.80. The predicted octanol–water partition coefficient (Wildman–Crippen LogP) is 1.68. The first-order chi connectivity index (χ1) is 12.2. The number of aliphatic hydroxyl groups is 1. The summed E-state index contributed by atoms with van der Waals surface area (Å²) in [7, 11) is 0. The Morgan fingerprint density at radius 2 is 2.12 bits per heavy atom. The number of phenolic OH excluding ortho intramolecular Hbond substituents is 1. The monoisotopic (exact) mass is 360 g/mol. The minimum atomic E-state index is -1.21. The highest BCUT2D eigenvalue weighted by Crippen LogP contribution is 2.65. The molecule has 5 atom stereocenters. The number of hydrogen-bond acceptors (Lipinski definition) is 5. The van der Waals surface area contributed by atoms with E-state index in [-0.39, 0.29) is 34.6 Å². The standard InChI is InChI=1S/C20H25NO5/c1-11(2)10-21(25)8-7-19-16-12-3-4-13(22)17(16)26-18(19)14(23)5-6-20(19,24)15(21)9-12/h3-4,11,15,18,24-25H,5-10H2,1-2H3/p+1/t15-,18+,19+,20-,21?/m1/s1. The third-order valence-electron chi connectivity index (χ3n) is 7.29. The first-order valence-corrected chi connectivity index (χ1v) is 9.59. The van der Waals surface area contributed by atoms with Crippen molar-refractivity contribution < 1.29 is 29.6 Å². The summed E-state index contributed by atoms with van der Waals surface area (Å²) in [6, 6.07) is 3.07. The maximum absolute atomic E-state index is 12.7. The van der Waals surface area contributed by atoms with Crippen molar-refractivity contribution >= 4 is 5.78 Å². The highest BCUT2D eigenvalue weighted by Gasteiger charge is 2.77. The molecule has 1 saturated heterocycles. The molecule has 5 rings (SSSR count). The molecule has 6 nitrogen and oxygen atoms in total. The maximum Gasteiger partial charge on any atom is 0.174 e. The molecule has 1 aromatic rings. The molecule has 2 bridgehead atoms. The predicted molar refractivity (Wildman–Crippen MR) is 92.1 cm³/mol. The molecule has 0 aromatic heterocycles. The van der Waals surface area contributed by atoms with E-state index in [0.29, 0.717) is 38.1 Å². The fourth-order valence-corrected chi connectivity index (χ4v) is 6.45. The third kappa shape index (κ3) is 1.66. The van der Waals surface area contributed by atoms with Crippen molar-refractivity contribution in [2.24, 2.45) is 5.92 Å². The molecule has 140 valence electrons. The Balaban J connectivity index is 1.77. The molecule has 3 N–H and O–H groups in total. The largest absolute Gasteiger partial charge is 0.504 e. The quantitative estimate of drug-likeness (QED) is 0.699. The van der Waals surface area contributed by atoms with E-state index in [1.165, 1.54) is 0 Å². The Bertz CT molecular complexity index is 823. The lowest BCUT2D eigenvalue weighted by Gasteiger charge is -2.62. The van der Waals surface area contributed by atoms with Crippen molar-refractivity contribution in [3.63, 3.8) is 0 Å². The number of hydrogen-bond donors (Lipinski definition) is 3. The number of hydroxylamine groups is 3. The van der Waals surface area contributed by atoms with Crippen LogP contribution in [0.4, 0.5) is 0 Å². The van der Waals surface area contributed by atoms with Gasteiger partial charge in [0.15, 0.2) is 29.4 Å². The first kappa shape index (κ1) is 16.5. The zero-order valence-corrected chi connectivity index (χ0v) is 15.2. The van der Waals surface area contributed by atoms with Crippen LogP contribution in [0.15, 0.2) is 12.1 Å². The summed E-state index contributed by atoms with van der Waals surface area (Å²) >= 11 is 0. The smallest absolute Gasteiger partial charge is 0.174 e. The Kier molecular flexibility index (Phi) is 3.05. The molecule has 1 spiro atoms. The van der Waals surface area contributed by atoms with Gasteiger partial charge in [-0.2, -0.15) is 4.65 Å². The number of rotatable bonds is 2. The minimum absolute atomic E-state index is 0.0151. The number of ketones is 1. The molecule has 1 unspecified atom stereocenters. The molecule has 4 aliphatic rings. The van der Waals surface area contributed by atoms with Crippen LogP contribution in [0.25, 0.3) is 0 Å². The topological polar surface area (TPSA) is 87.0 Å². The summed E-state index contributed by atoms with van der Waals surface area (Å²) in [5.74, 6) is 0.661. The lowest BCUT2D eigenvalue weighted by Crippen LogP contribution is -2.81. The number of carbonyl (C=O) groups excluding carboxylic acids is 1. The first-order valence-electron chi connectivity index (χ1n) is 9.59. The van der Waals surface area contributed by atoms with Gasteiger partial charge in [-0.1, -0.05) is 19.9 Å². The van der Waals surface area contributed by atoms with Gasteiger partial charge in [-0.05, 0) is 18.1 Å². The number of phenols is 1. The highest BCUT2D eigenvalue weighted by atomic mass is 16.6. The van der Waals surface area contributed by atoms with Gasteiger partial charge in [0, 0.05) is 30.7 Å². The summed E-state index contributed by atoms with van der Waals surface area (Å²) in [4.78, 5) is 12.7. The van der Waals surface area contributed by atoms with Gasteiger partial charge < -0.3 is 14.9 Å². The summed E-state index contributed by atoms with van der Waals surface area (Å²) in [6.45, 7) is 5.20. The summed E-state index contributed by atoms with van der Waals surface area (Å²) in [5, 5.41) is 33.8. The maximum atomic E-state index is 12.7. The Morgan fingerprint density at radius 1 is 1.35 bits per heavy atom. The van der Waals surface area contributed by atoms with E-state index in [9.17, 15) is 20.2 Å². The van der Waals surface area contributed by atoms with Crippen LogP contribution >= 0.6 is 0 Å². The average molecular weight is 360 g/mol. The highest BCUT2D eigenvalue weighted by molar-refractivity contribution is 5.89. The van der Waals surface area contributed by atoms with Crippen molar-refractivity contribution in [1.29, 1.82) is 0 Å². The summed E-state index contributed by atoms with van der Waals surface area (Å²) in [6.07, 6.45) is 0.811. The number of aromatic hydroxyl groups is 1. The van der Waals surface area contributed by atoms with Gasteiger partial charge >= 0.3 is 0 Å². The Hall–Kier alpha value is -1.63. The normalized spacial score (nSPS) is 42.6. The second-order valence-electron chi connectivity index (χ2n) is 9.06. The number of piperidine rings is 1. The van der Waals surface area contributed by atoms with Crippen LogP contribution in [0.2, 0.25) is 0 Å². The van der Waals surface area contributed by atoms with E-state index in [1.54, 1.807) is 6.07 Å². The molecule has 26 heavy (non-hydrogen) atoms. The Morgan fingerprint density at radius 3 is 2.85 bits per heavy atom. The van der Waals surface area contributed by atoms with E-state index in [0.717, 1.165) is 11.1 Å². The fourth-order valence-electron chi connectivity index (χ4n) is 6.45. The van der Waals surface area contributed by atoms with Crippen molar-refractivity contribution in [2.75, 3.05) is 13.1 Å². The summed E-state index contributed by atoms with van der Waals surface area (Å²) in [5.41, 5.74) is -0.273. The van der Waals surface area contributed by atoms with Crippen LogP contribution in [-0.2, 0) is 16.6 Å². The van der Waals surface area contributed by atoms with Crippen molar-refractivity contribution in [3.8, 4) is 11.5 Å². The van der Waals surface area contributed by atoms with Gasteiger partial charge in [0.05, 0.1) is 5.41 Å². The lowest BCUT2D eigenvalue weighted by molar-refractivity contribution is -1.13. The molecule has 2 aliphatic carbocycles. The van der Waals surface area contributed by atoms with Gasteiger partial charge in [-0.25, -0.2) is 5.21 Å².